The standard InChI is InChI=1S/C21H21ClO3/c1-23-17-8-5-14(6-9-17)21-20(19-4-2-3-11-24-19)18-10-7-16(22)12-15(18)13-25-21/h5-10,12,19H,2-4,11,13H2,1H3. The maximum absolute atomic E-state index is 6.19. The minimum atomic E-state index is 0.0612. The SMILES string of the molecule is COc1ccc(C2=C(C3CCCCO3)c3ccc(Cl)cc3CO2)cc1. The van der Waals surface area contributed by atoms with Crippen LogP contribution in [-0.2, 0) is 16.1 Å². The Kier molecular flexibility index (Phi) is 4.69. The third kappa shape index (κ3) is 3.26. The first kappa shape index (κ1) is 16.5. The van der Waals surface area contributed by atoms with Crippen LogP contribution in [0.15, 0.2) is 42.5 Å². The number of methoxy groups -OCH3 is 1. The fourth-order valence-corrected chi connectivity index (χ4v) is 3.76. The molecule has 4 rings (SSSR count). The largest absolute Gasteiger partial charge is 0.497 e. The Morgan fingerprint density at radius 2 is 1.92 bits per heavy atom. The van der Waals surface area contributed by atoms with Gasteiger partial charge in [0.1, 0.15) is 18.1 Å². The average molecular weight is 357 g/mol. The van der Waals surface area contributed by atoms with Crippen LogP contribution in [0, 0.1) is 0 Å². The molecule has 2 aromatic carbocycles. The molecule has 1 saturated heterocycles. The van der Waals surface area contributed by atoms with Crippen molar-refractivity contribution in [1.29, 1.82) is 0 Å². The summed E-state index contributed by atoms with van der Waals surface area (Å²) >= 11 is 6.18. The minimum absolute atomic E-state index is 0.0612. The highest BCUT2D eigenvalue weighted by Crippen LogP contribution is 2.41. The van der Waals surface area contributed by atoms with E-state index < -0.39 is 0 Å². The molecule has 0 saturated carbocycles. The van der Waals surface area contributed by atoms with E-state index in [4.69, 9.17) is 25.8 Å². The molecular formula is C21H21ClO3. The van der Waals surface area contributed by atoms with Gasteiger partial charge in [-0.25, -0.2) is 0 Å². The molecule has 1 fully saturated rings. The molecule has 1 atom stereocenters. The van der Waals surface area contributed by atoms with Crippen LogP contribution in [0.4, 0.5) is 0 Å². The molecule has 4 heteroatoms. The Labute approximate surface area is 153 Å². The number of rotatable bonds is 3. The van der Waals surface area contributed by atoms with Crippen LogP contribution >= 0.6 is 11.6 Å². The normalized spacial score (nSPS) is 20.0. The lowest BCUT2D eigenvalue weighted by molar-refractivity contribution is 0.0513. The van der Waals surface area contributed by atoms with E-state index in [9.17, 15) is 0 Å². The predicted molar refractivity (Wildman–Crippen MR) is 99.6 cm³/mol. The third-order valence-electron chi connectivity index (χ3n) is 4.83. The highest BCUT2D eigenvalue weighted by molar-refractivity contribution is 6.30. The summed E-state index contributed by atoms with van der Waals surface area (Å²) in [5, 5.41) is 0.735. The second kappa shape index (κ2) is 7.11. The van der Waals surface area contributed by atoms with Gasteiger partial charge in [-0.1, -0.05) is 17.7 Å². The third-order valence-corrected chi connectivity index (χ3v) is 5.06. The van der Waals surface area contributed by atoms with Crippen LogP contribution in [0.2, 0.25) is 5.02 Å². The van der Waals surface area contributed by atoms with Crippen molar-refractivity contribution in [3.8, 4) is 5.75 Å². The first-order chi connectivity index (χ1) is 12.3. The van der Waals surface area contributed by atoms with Gasteiger partial charge < -0.3 is 14.2 Å². The van der Waals surface area contributed by atoms with E-state index in [0.717, 1.165) is 52.7 Å². The number of ether oxygens (including phenoxy) is 3. The van der Waals surface area contributed by atoms with Gasteiger partial charge in [0, 0.05) is 22.8 Å². The van der Waals surface area contributed by atoms with E-state index in [1.807, 2.05) is 36.4 Å². The summed E-state index contributed by atoms with van der Waals surface area (Å²) in [6, 6.07) is 14.0. The van der Waals surface area contributed by atoms with Gasteiger partial charge in [-0.15, -0.1) is 0 Å². The summed E-state index contributed by atoms with van der Waals surface area (Å²) < 4.78 is 17.6. The van der Waals surface area contributed by atoms with E-state index in [1.54, 1.807) is 7.11 Å². The zero-order valence-electron chi connectivity index (χ0n) is 14.3. The summed E-state index contributed by atoms with van der Waals surface area (Å²) in [5.41, 5.74) is 4.50. The summed E-state index contributed by atoms with van der Waals surface area (Å²) in [6.45, 7) is 1.32. The molecule has 0 N–H and O–H groups in total. The van der Waals surface area contributed by atoms with E-state index in [1.165, 1.54) is 12.0 Å². The minimum Gasteiger partial charge on any atom is -0.497 e. The van der Waals surface area contributed by atoms with Crippen molar-refractivity contribution in [2.75, 3.05) is 13.7 Å². The summed E-state index contributed by atoms with van der Waals surface area (Å²) in [5.74, 6) is 1.74. The molecule has 25 heavy (non-hydrogen) atoms. The Morgan fingerprint density at radius 1 is 1.08 bits per heavy atom. The van der Waals surface area contributed by atoms with Crippen LogP contribution in [0.3, 0.4) is 0 Å². The van der Waals surface area contributed by atoms with E-state index >= 15 is 0 Å². The number of fused-ring (bicyclic) bond motifs is 1. The summed E-state index contributed by atoms with van der Waals surface area (Å²) in [7, 11) is 1.67. The molecule has 0 aromatic heterocycles. The van der Waals surface area contributed by atoms with Crippen molar-refractivity contribution in [3.63, 3.8) is 0 Å². The van der Waals surface area contributed by atoms with Gasteiger partial charge in [0.2, 0.25) is 0 Å². The van der Waals surface area contributed by atoms with Crippen LogP contribution in [0.1, 0.15) is 36.0 Å². The van der Waals surface area contributed by atoms with Crippen LogP contribution in [0.5, 0.6) is 5.75 Å². The van der Waals surface area contributed by atoms with Crippen molar-refractivity contribution in [2.45, 2.75) is 32.0 Å². The molecule has 0 aliphatic carbocycles. The van der Waals surface area contributed by atoms with Crippen molar-refractivity contribution in [3.05, 3.63) is 64.2 Å². The Morgan fingerprint density at radius 3 is 2.64 bits per heavy atom. The van der Waals surface area contributed by atoms with Gasteiger partial charge >= 0.3 is 0 Å². The fraction of sp³-hybridized carbons (Fsp3) is 0.333. The molecule has 130 valence electrons. The smallest absolute Gasteiger partial charge is 0.133 e. The number of hydrogen-bond acceptors (Lipinski definition) is 3. The van der Waals surface area contributed by atoms with Crippen molar-refractivity contribution < 1.29 is 14.2 Å². The number of hydrogen-bond donors (Lipinski definition) is 0. The molecule has 1 unspecified atom stereocenters. The second-order valence-electron chi connectivity index (χ2n) is 6.42. The molecule has 3 nitrogen and oxygen atoms in total. The Balaban J connectivity index is 1.84. The van der Waals surface area contributed by atoms with E-state index in [-0.39, 0.29) is 6.10 Å². The van der Waals surface area contributed by atoms with Gasteiger partial charge in [-0.3, -0.25) is 0 Å². The first-order valence-electron chi connectivity index (χ1n) is 8.68. The van der Waals surface area contributed by atoms with Gasteiger partial charge in [-0.2, -0.15) is 0 Å². The fourth-order valence-electron chi connectivity index (χ4n) is 3.56. The van der Waals surface area contributed by atoms with Crippen molar-refractivity contribution >= 4 is 22.9 Å². The molecule has 0 radical (unpaired) electrons. The summed E-state index contributed by atoms with van der Waals surface area (Å²) in [6.07, 6.45) is 3.37. The highest BCUT2D eigenvalue weighted by atomic mass is 35.5. The molecule has 0 amide bonds. The van der Waals surface area contributed by atoms with Gasteiger partial charge in [0.15, 0.2) is 0 Å². The lowest BCUT2D eigenvalue weighted by Crippen LogP contribution is -2.24. The lowest BCUT2D eigenvalue weighted by atomic mass is 9.88. The van der Waals surface area contributed by atoms with Crippen LogP contribution < -0.4 is 4.74 Å². The lowest BCUT2D eigenvalue weighted by Gasteiger charge is -2.32. The second-order valence-corrected chi connectivity index (χ2v) is 6.85. The Bertz CT molecular complexity index is 789. The maximum Gasteiger partial charge on any atom is 0.133 e. The van der Waals surface area contributed by atoms with E-state index in [2.05, 4.69) is 6.07 Å². The van der Waals surface area contributed by atoms with Gasteiger partial charge in [0.25, 0.3) is 0 Å². The molecule has 0 spiro atoms. The van der Waals surface area contributed by atoms with Gasteiger partial charge in [-0.05, 0) is 66.8 Å². The average Bonchev–Trinajstić information content (AvgIpc) is 2.67. The quantitative estimate of drug-likeness (QED) is 0.745. The van der Waals surface area contributed by atoms with Crippen LogP contribution in [-0.4, -0.2) is 19.8 Å². The van der Waals surface area contributed by atoms with E-state index in [0.29, 0.717) is 6.61 Å². The summed E-state index contributed by atoms with van der Waals surface area (Å²) in [4.78, 5) is 0. The predicted octanol–water partition coefficient (Wildman–Crippen LogP) is 5.32. The molecule has 2 heterocycles. The highest BCUT2D eigenvalue weighted by Gasteiger charge is 2.29. The molecule has 0 bridgehead atoms. The van der Waals surface area contributed by atoms with Crippen molar-refractivity contribution in [2.24, 2.45) is 0 Å². The topological polar surface area (TPSA) is 27.7 Å². The monoisotopic (exact) mass is 356 g/mol. The zero-order valence-corrected chi connectivity index (χ0v) is 15.0. The maximum atomic E-state index is 6.19. The zero-order chi connectivity index (χ0) is 17.2. The molecular weight excluding hydrogens is 336 g/mol. The van der Waals surface area contributed by atoms with Crippen molar-refractivity contribution in [1.82, 2.24) is 0 Å². The Hall–Kier alpha value is -1.97. The first-order valence-corrected chi connectivity index (χ1v) is 9.06. The van der Waals surface area contributed by atoms with Gasteiger partial charge in [0.05, 0.1) is 13.2 Å². The molecule has 2 aliphatic rings. The number of benzene rings is 2. The number of halogens is 1. The van der Waals surface area contributed by atoms with Crippen LogP contribution in [0.25, 0.3) is 11.3 Å². The molecule has 2 aliphatic heterocycles. The molecule has 2 aromatic rings.